The summed E-state index contributed by atoms with van der Waals surface area (Å²) in [5.74, 6) is 1.34. The quantitative estimate of drug-likeness (QED) is 0.499. The highest BCUT2D eigenvalue weighted by Crippen LogP contribution is 2.10. The van der Waals surface area contributed by atoms with E-state index in [1.54, 1.807) is 19.2 Å². The molecule has 6 heteroatoms. The molecular weight excluding hydrogens is 305 g/mol. The number of benzene rings is 2. The minimum absolute atomic E-state index is 0.220. The summed E-state index contributed by atoms with van der Waals surface area (Å²) in [4.78, 5) is 12.0. The van der Waals surface area contributed by atoms with Crippen LogP contribution in [0.3, 0.4) is 0 Å². The van der Waals surface area contributed by atoms with Crippen LogP contribution in [0, 0.1) is 5.82 Å². The molecular formula is C18H20FN5. The summed E-state index contributed by atoms with van der Waals surface area (Å²) in [6.07, 6.45) is 0.745. The summed E-state index contributed by atoms with van der Waals surface area (Å²) in [6, 6.07) is 14.7. The molecule has 0 radical (unpaired) electrons. The fourth-order valence-corrected chi connectivity index (χ4v) is 2.46. The van der Waals surface area contributed by atoms with Gasteiger partial charge < -0.3 is 15.6 Å². The number of nitrogens with zero attached hydrogens (tertiary/aromatic N) is 2. The van der Waals surface area contributed by atoms with Crippen LogP contribution in [0.4, 0.5) is 4.39 Å². The van der Waals surface area contributed by atoms with Gasteiger partial charge in [0, 0.05) is 32.1 Å². The Morgan fingerprint density at radius 1 is 1.12 bits per heavy atom. The van der Waals surface area contributed by atoms with Crippen LogP contribution in [0.1, 0.15) is 11.4 Å². The zero-order chi connectivity index (χ0) is 16.8. The average Bonchev–Trinajstić information content (AvgIpc) is 3.02. The van der Waals surface area contributed by atoms with E-state index in [-0.39, 0.29) is 5.82 Å². The van der Waals surface area contributed by atoms with Crippen molar-refractivity contribution in [3.63, 3.8) is 0 Å². The third-order valence-corrected chi connectivity index (χ3v) is 3.72. The number of imidazole rings is 1. The summed E-state index contributed by atoms with van der Waals surface area (Å²) >= 11 is 0. The van der Waals surface area contributed by atoms with Crippen molar-refractivity contribution < 1.29 is 4.39 Å². The Hall–Kier alpha value is -2.89. The van der Waals surface area contributed by atoms with Crippen LogP contribution >= 0.6 is 0 Å². The summed E-state index contributed by atoms with van der Waals surface area (Å²) in [7, 11) is 1.69. The van der Waals surface area contributed by atoms with Crippen LogP contribution in [-0.4, -0.2) is 29.5 Å². The lowest BCUT2D eigenvalue weighted by atomic mass is 10.2. The van der Waals surface area contributed by atoms with E-state index in [0.29, 0.717) is 24.6 Å². The zero-order valence-corrected chi connectivity index (χ0v) is 13.5. The van der Waals surface area contributed by atoms with Crippen LogP contribution in [0.15, 0.2) is 53.5 Å². The molecule has 24 heavy (non-hydrogen) atoms. The molecule has 0 fully saturated rings. The predicted molar refractivity (Wildman–Crippen MR) is 94.4 cm³/mol. The van der Waals surface area contributed by atoms with Crippen molar-refractivity contribution in [2.24, 2.45) is 4.99 Å². The molecule has 0 aliphatic heterocycles. The highest BCUT2D eigenvalue weighted by Gasteiger charge is 2.04. The van der Waals surface area contributed by atoms with Gasteiger partial charge in [0.05, 0.1) is 11.0 Å². The molecule has 1 heterocycles. The Balaban J connectivity index is 1.50. The Kier molecular flexibility index (Phi) is 5.05. The number of aliphatic imine (C=N–C) groups is 1. The van der Waals surface area contributed by atoms with Crippen molar-refractivity contribution >= 4 is 17.0 Å². The van der Waals surface area contributed by atoms with Gasteiger partial charge in [0.2, 0.25) is 0 Å². The summed E-state index contributed by atoms with van der Waals surface area (Å²) < 4.78 is 13.6. The predicted octanol–water partition coefficient (Wildman–Crippen LogP) is 2.61. The van der Waals surface area contributed by atoms with E-state index in [0.717, 1.165) is 23.3 Å². The first-order valence-corrected chi connectivity index (χ1v) is 7.88. The molecule has 0 spiro atoms. The van der Waals surface area contributed by atoms with Crippen molar-refractivity contribution in [3.8, 4) is 0 Å². The van der Waals surface area contributed by atoms with Crippen LogP contribution < -0.4 is 10.6 Å². The average molecular weight is 325 g/mol. The smallest absolute Gasteiger partial charge is 0.191 e. The van der Waals surface area contributed by atoms with Gasteiger partial charge in [0.1, 0.15) is 11.6 Å². The minimum atomic E-state index is -0.220. The Morgan fingerprint density at radius 3 is 2.71 bits per heavy atom. The van der Waals surface area contributed by atoms with Crippen LogP contribution in [0.25, 0.3) is 11.0 Å². The summed E-state index contributed by atoms with van der Waals surface area (Å²) in [5, 5.41) is 6.32. The van der Waals surface area contributed by atoms with E-state index < -0.39 is 0 Å². The zero-order valence-electron chi connectivity index (χ0n) is 13.5. The number of aromatic nitrogens is 2. The van der Waals surface area contributed by atoms with Gasteiger partial charge in [-0.15, -0.1) is 0 Å². The maximum Gasteiger partial charge on any atom is 0.191 e. The number of hydrogen-bond donors (Lipinski definition) is 3. The third kappa shape index (κ3) is 3.90. The fraction of sp³-hybridized carbons (Fsp3) is 0.222. The van der Waals surface area contributed by atoms with E-state index in [1.807, 2.05) is 30.3 Å². The number of aromatic amines is 1. The molecule has 0 unspecified atom stereocenters. The molecule has 1 aromatic heterocycles. The highest BCUT2D eigenvalue weighted by atomic mass is 19.1. The Bertz CT molecular complexity index is 807. The molecule has 0 aliphatic rings. The number of halogens is 1. The van der Waals surface area contributed by atoms with E-state index >= 15 is 0 Å². The van der Waals surface area contributed by atoms with Crippen LogP contribution in [-0.2, 0) is 13.0 Å². The van der Waals surface area contributed by atoms with Gasteiger partial charge in [-0.3, -0.25) is 4.99 Å². The first kappa shape index (κ1) is 16.0. The van der Waals surface area contributed by atoms with Crippen molar-refractivity contribution in [2.75, 3.05) is 13.6 Å². The van der Waals surface area contributed by atoms with Gasteiger partial charge in [-0.2, -0.15) is 0 Å². The number of fused-ring (bicyclic) bond motifs is 1. The molecule has 0 atom stereocenters. The second kappa shape index (κ2) is 7.59. The topological polar surface area (TPSA) is 65.1 Å². The van der Waals surface area contributed by atoms with Gasteiger partial charge in [-0.05, 0) is 18.2 Å². The van der Waals surface area contributed by atoms with Gasteiger partial charge in [0.15, 0.2) is 5.96 Å². The molecule has 5 nitrogen and oxygen atoms in total. The largest absolute Gasteiger partial charge is 0.356 e. The van der Waals surface area contributed by atoms with E-state index in [9.17, 15) is 4.39 Å². The number of para-hydroxylation sites is 2. The lowest BCUT2D eigenvalue weighted by molar-refractivity contribution is 0.604. The van der Waals surface area contributed by atoms with Crippen molar-refractivity contribution in [1.82, 2.24) is 20.6 Å². The molecule has 3 aromatic rings. The van der Waals surface area contributed by atoms with Crippen LogP contribution in [0.2, 0.25) is 0 Å². The highest BCUT2D eigenvalue weighted by molar-refractivity contribution is 5.79. The first-order valence-electron chi connectivity index (χ1n) is 7.88. The number of guanidine groups is 1. The molecule has 3 N–H and O–H groups in total. The maximum atomic E-state index is 13.6. The number of hydrogen-bond acceptors (Lipinski definition) is 2. The fourth-order valence-electron chi connectivity index (χ4n) is 2.46. The van der Waals surface area contributed by atoms with Gasteiger partial charge in [-0.1, -0.05) is 30.3 Å². The lowest BCUT2D eigenvalue weighted by Gasteiger charge is -2.11. The molecule has 0 amide bonds. The van der Waals surface area contributed by atoms with Gasteiger partial charge in [0.25, 0.3) is 0 Å². The lowest BCUT2D eigenvalue weighted by Crippen LogP contribution is -2.38. The van der Waals surface area contributed by atoms with E-state index in [4.69, 9.17) is 0 Å². The normalized spacial score (nSPS) is 11.7. The third-order valence-electron chi connectivity index (χ3n) is 3.72. The molecule has 0 bridgehead atoms. The Morgan fingerprint density at radius 2 is 1.92 bits per heavy atom. The first-order chi connectivity index (χ1) is 11.8. The van der Waals surface area contributed by atoms with Crippen molar-refractivity contribution in [2.45, 2.75) is 13.0 Å². The summed E-state index contributed by atoms with van der Waals surface area (Å²) in [5.41, 5.74) is 2.61. The van der Waals surface area contributed by atoms with E-state index in [2.05, 4.69) is 25.6 Å². The molecule has 124 valence electrons. The van der Waals surface area contributed by atoms with Gasteiger partial charge >= 0.3 is 0 Å². The monoisotopic (exact) mass is 325 g/mol. The molecule has 0 aliphatic carbocycles. The Labute approximate surface area is 140 Å². The standard InChI is InChI=1S/C18H20FN5/c1-20-18(22-12-13-6-2-3-7-14(13)19)21-11-10-17-23-15-8-4-5-9-16(15)24-17/h2-9H,10-12H2,1H3,(H,23,24)(H2,20,21,22). The minimum Gasteiger partial charge on any atom is -0.356 e. The van der Waals surface area contributed by atoms with Gasteiger partial charge in [-0.25, -0.2) is 9.37 Å². The second-order valence-corrected chi connectivity index (χ2v) is 5.39. The molecule has 3 rings (SSSR count). The molecule has 0 saturated carbocycles. The number of H-pyrrole nitrogens is 1. The van der Waals surface area contributed by atoms with Crippen molar-refractivity contribution in [3.05, 3.63) is 65.7 Å². The SMILES string of the molecule is CN=C(NCCc1nc2ccccc2[nH]1)NCc1ccccc1F. The number of nitrogens with one attached hydrogen (secondary N) is 3. The van der Waals surface area contributed by atoms with Crippen molar-refractivity contribution in [1.29, 1.82) is 0 Å². The summed E-state index contributed by atoms with van der Waals surface area (Å²) in [6.45, 7) is 1.06. The number of rotatable bonds is 5. The molecule has 2 aromatic carbocycles. The maximum absolute atomic E-state index is 13.6. The second-order valence-electron chi connectivity index (χ2n) is 5.39. The van der Waals surface area contributed by atoms with E-state index in [1.165, 1.54) is 6.07 Å². The molecule has 0 saturated heterocycles. The van der Waals surface area contributed by atoms with Crippen LogP contribution in [0.5, 0.6) is 0 Å².